The van der Waals surface area contributed by atoms with E-state index in [2.05, 4.69) is 4.98 Å². The number of hydrogen-bond acceptors (Lipinski definition) is 8. The Morgan fingerprint density at radius 1 is 1.32 bits per heavy atom. The maximum atomic E-state index is 12.4. The minimum Gasteiger partial charge on any atom is -0.458 e. The third kappa shape index (κ3) is 4.12. The van der Waals surface area contributed by atoms with Gasteiger partial charge in [-0.15, -0.1) is 11.3 Å². The van der Waals surface area contributed by atoms with Gasteiger partial charge in [-0.2, -0.15) is 5.26 Å². The first-order valence-electron chi connectivity index (χ1n) is 9.27. The van der Waals surface area contributed by atoms with E-state index in [1.165, 1.54) is 11.3 Å². The highest BCUT2D eigenvalue weighted by Gasteiger charge is 2.47. The molecule has 2 amide bonds. The summed E-state index contributed by atoms with van der Waals surface area (Å²) in [7, 11) is 0. The van der Waals surface area contributed by atoms with E-state index in [0.29, 0.717) is 10.7 Å². The summed E-state index contributed by atoms with van der Waals surface area (Å²) in [4.78, 5) is 54.2. The number of carbonyl (C=O) groups excluding carboxylic acids is 4. The smallest absolute Gasteiger partial charge is 0.308 e. The number of ether oxygens (including phenoxy) is 1. The number of hydrogen-bond donors (Lipinski definition) is 0. The number of rotatable bonds is 7. The average Bonchev–Trinajstić information content (AvgIpc) is 3.21. The average molecular weight is 403 g/mol. The van der Waals surface area contributed by atoms with E-state index >= 15 is 0 Å². The van der Waals surface area contributed by atoms with Gasteiger partial charge >= 0.3 is 5.97 Å². The third-order valence-electron chi connectivity index (χ3n) is 5.18. The lowest BCUT2D eigenvalue weighted by atomic mass is 9.81. The van der Waals surface area contributed by atoms with E-state index < -0.39 is 24.3 Å². The van der Waals surface area contributed by atoms with Crippen LogP contribution in [0.2, 0.25) is 0 Å². The number of fused-ring (bicyclic) bond motifs is 1. The van der Waals surface area contributed by atoms with Gasteiger partial charge in [0.15, 0.2) is 18.3 Å². The first-order chi connectivity index (χ1) is 13.4. The van der Waals surface area contributed by atoms with Crippen molar-refractivity contribution in [3.05, 3.63) is 16.1 Å². The normalized spacial score (nSPS) is 22.5. The summed E-state index contributed by atoms with van der Waals surface area (Å²) in [5.74, 6) is -3.23. The van der Waals surface area contributed by atoms with Gasteiger partial charge in [0.05, 0.1) is 24.3 Å². The monoisotopic (exact) mass is 403 g/mol. The molecule has 3 rings (SSSR count). The number of aromatic nitrogens is 1. The standard InChI is InChI=1S/C19H21N3O5S/c1-11-10-28-17(21-11)14(8-20)15(23)9-27-16(24)6-7-22-18(25)12-4-2-3-5-13(12)19(22)26/h10,12-14H,2-7,9H2,1H3/t12-,13-,14+/m0/s1. The minimum absolute atomic E-state index is 0.0367. The Labute approximate surface area is 166 Å². The third-order valence-corrected chi connectivity index (χ3v) is 6.21. The van der Waals surface area contributed by atoms with Crippen LogP contribution in [-0.2, 0) is 23.9 Å². The summed E-state index contributed by atoms with van der Waals surface area (Å²) in [5.41, 5.74) is 0.713. The van der Waals surface area contributed by atoms with Crippen LogP contribution in [0.5, 0.6) is 0 Å². The molecule has 0 N–H and O–H groups in total. The highest BCUT2D eigenvalue weighted by atomic mass is 32.1. The number of aryl methyl sites for hydroxylation is 1. The van der Waals surface area contributed by atoms with Crippen LogP contribution in [0.15, 0.2) is 5.38 Å². The van der Waals surface area contributed by atoms with Crippen molar-refractivity contribution in [3.8, 4) is 6.07 Å². The Kier molecular flexibility index (Phi) is 6.19. The fourth-order valence-electron chi connectivity index (χ4n) is 3.73. The van der Waals surface area contributed by atoms with E-state index in [4.69, 9.17) is 4.74 Å². The Hall–Kier alpha value is -2.60. The molecule has 0 aromatic carbocycles. The molecule has 0 unspecified atom stereocenters. The molecule has 0 spiro atoms. The molecular formula is C19H21N3O5S. The van der Waals surface area contributed by atoms with Gasteiger partial charge in [0.1, 0.15) is 5.01 Å². The van der Waals surface area contributed by atoms with Crippen molar-refractivity contribution in [2.45, 2.75) is 44.9 Å². The molecular weight excluding hydrogens is 382 g/mol. The van der Waals surface area contributed by atoms with Crippen molar-refractivity contribution in [3.63, 3.8) is 0 Å². The van der Waals surface area contributed by atoms with Crippen LogP contribution >= 0.6 is 11.3 Å². The number of Topliss-reactive ketones (excluding diaryl/α,β-unsaturated/α-hetero) is 1. The minimum atomic E-state index is -1.07. The van der Waals surface area contributed by atoms with E-state index in [-0.39, 0.29) is 36.6 Å². The Balaban J connectivity index is 1.48. The fraction of sp³-hybridized carbons (Fsp3) is 0.579. The molecule has 28 heavy (non-hydrogen) atoms. The van der Waals surface area contributed by atoms with Crippen molar-refractivity contribution >= 4 is 34.9 Å². The maximum absolute atomic E-state index is 12.4. The number of carbonyl (C=O) groups is 4. The van der Waals surface area contributed by atoms with Crippen LogP contribution in [-0.4, -0.2) is 46.6 Å². The quantitative estimate of drug-likeness (QED) is 0.502. The van der Waals surface area contributed by atoms with Crippen LogP contribution in [0.4, 0.5) is 0 Å². The van der Waals surface area contributed by atoms with Gasteiger partial charge in [-0.05, 0) is 19.8 Å². The molecule has 0 bridgehead atoms. The van der Waals surface area contributed by atoms with Crippen LogP contribution in [0.25, 0.3) is 0 Å². The first kappa shape index (κ1) is 20.1. The van der Waals surface area contributed by atoms with Crippen molar-refractivity contribution in [1.29, 1.82) is 5.26 Å². The maximum Gasteiger partial charge on any atom is 0.308 e. The molecule has 1 saturated heterocycles. The van der Waals surface area contributed by atoms with Gasteiger partial charge in [0.25, 0.3) is 0 Å². The van der Waals surface area contributed by atoms with Gasteiger partial charge < -0.3 is 4.74 Å². The van der Waals surface area contributed by atoms with Gasteiger partial charge in [-0.1, -0.05) is 12.8 Å². The van der Waals surface area contributed by atoms with E-state index in [1.807, 2.05) is 6.07 Å². The fourth-order valence-corrected chi connectivity index (χ4v) is 4.59. The molecule has 2 heterocycles. The summed E-state index contributed by atoms with van der Waals surface area (Å²) in [6.45, 7) is 1.18. The SMILES string of the molecule is Cc1csc([C@H](C#N)C(=O)COC(=O)CCN2C(=O)[C@H]3CCCC[C@@H]3C2=O)n1. The van der Waals surface area contributed by atoms with Crippen molar-refractivity contribution in [1.82, 2.24) is 9.88 Å². The molecule has 148 valence electrons. The second kappa shape index (κ2) is 8.61. The zero-order valence-electron chi connectivity index (χ0n) is 15.6. The topological polar surface area (TPSA) is 117 Å². The Bertz CT molecular complexity index is 819. The van der Waals surface area contributed by atoms with Crippen LogP contribution < -0.4 is 0 Å². The molecule has 0 radical (unpaired) electrons. The number of nitriles is 1. The van der Waals surface area contributed by atoms with Crippen molar-refractivity contribution in [2.24, 2.45) is 11.8 Å². The summed E-state index contributed by atoms with van der Waals surface area (Å²) >= 11 is 1.21. The van der Waals surface area contributed by atoms with Gasteiger partial charge in [-0.3, -0.25) is 24.1 Å². The second-order valence-electron chi connectivity index (χ2n) is 7.09. The molecule has 1 aromatic rings. The molecule has 9 heteroatoms. The van der Waals surface area contributed by atoms with Gasteiger partial charge in [-0.25, -0.2) is 4.98 Å². The number of thiazole rings is 1. The number of amides is 2. The number of ketones is 1. The second-order valence-corrected chi connectivity index (χ2v) is 7.98. The van der Waals surface area contributed by atoms with E-state index in [1.54, 1.807) is 12.3 Å². The highest BCUT2D eigenvalue weighted by molar-refractivity contribution is 7.09. The van der Waals surface area contributed by atoms with Crippen LogP contribution in [0.1, 0.15) is 48.7 Å². The lowest BCUT2D eigenvalue weighted by molar-refractivity contribution is -0.149. The summed E-state index contributed by atoms with van der Waals surface area (Å²) in [6, 6.07) is 1.88. The molecule has 2 fully saturated rings. The molecule has 3 atom stereocenters. The highest BCUT2D eigenvalue weighted by Crippen LogP contribution is 2.37. The summed E-state index contributed by atoms with van der Waals surface area (Å²) in [5, 5.41) is 11.3. The Morgan fingerprint density at radius 2 is 1.96 bits per heavy atom. The Morgan fingerprint density at radius 3 is 2.50 bits per heavy atom. The van der Waals surface area contributed by atoms with E-state index in [9.17, 15) is 24.4 Å². The first-order valence-corrected chi connectivity index (χ1v) is 10.2. The predicted molar refractivity (Wildman–Crippen MR) is 98.0 cm³/mol. The molecule has 1 aliphatic heterocycles. The summed E-state index contributed by atoms with van der Waals surface area (Å²) < 4.78 is 4.95. The number of likely N-dealkylation sites (tertiary alicyclic amines) is 1. The number of imide groups is 1. The van der Waals surface area contributed by atoms with Crippen molar-refractivity contribution < 1.29 is 23.9 Å². The van der Waals surface area contributed by atoms with Crippen LogP contribution in [0.3, 0.4) is 0 Å². The molecule has 8 nitrogen and oxygen atoms in total. The molecule has 1 aliphatic carbocycles. The van der Waals surface area contributed by atoms with Crippen LogP contribution in [0, 0.1) is 30.1 Å². The number of nitrogens with zero attached hydrogens (tertiary/aromatic N) is 3. The van der Waals surface area contributed by atoms with Gasteiger partial charge in [0.2, 0.25) is 11.8 Å². The molecule has 2 aliphatic rings. The largest absolute Gasteiger partial charge is 0.458 e. The molecule has 1 saturated carbocycles. The lowest BCUT2D eigenvalue weighted by Gasteiger charge is -2.19. The summed E-state index contributed by atoms with van der Waals surface area (Å²) in [6.07, 6.45) is 3.15. The zero-order chi connectivity index (χ0) is 20.3. The van der Waals surface area contributed by atoms with Crippen molar-refractivity contribution in [2.75, 3.05) is 13.2 Å². The molecule has 1 aromatic heterocycles. The predicted octanol–water partition coefficient (Wildman–Crippen LogP) is 1.74. The van der Waals surface area contributed by atoms with Gasteiger partial charge in [0, 0.05) is 17.6 Å². The number of esters is 1. The zero-order valence-corrected chi connectivity index (χ0v) is 16.4. The lowest BCUT2D eigenvalue weighted by Crippen LogP contribution is -2.33. The van der Waals surface area contributed by atoms with E-state index in [0.717, 1.165) is 30.6 Å².